The molecule has 1 N–H and O–H groups in total. The van der Waals surface area contributed by atoms with Gasteiger partial charge in [0.15, 0.2) is 0 Å². The van der Waals surface area contributed by atoms with Crippen molar-refractivity contribution in [3.63, 3.8) is 0 Å². The maximum Gasteiger partial charge on any atom is 0.223 e. The fourth-order valence-corrected chi connectivity index (χ4v) is 4.81. The van der Waals surface area contributed by atoms with Crippen molar-refractivity contribution >= 4 is 18.3 Å². The third-order valence-corrected chi connectivity index (χ3v) is 6.20. The predicted molar refractivity (Wildman–Crippen MR) is 101 cm³/mol. The number of amides is 1. The number of fused-ring (bicyclic) bond motifs is 1. The zero-order valence-corrected chi connectivity index (χ0v) is 15.8. The molecule has 25 heavy (non-hydrogen) atoms. The van der Waals surface area contributed by atoms with E-state index in [2.05, 4.69) is 41.4 Å². The molecule has 3 heterocycles. The second kappa shape index (κ2) is 8.07. The Bertz CT molecular complexity index is 603. The Kier molecular flexibility index (Phi) is 6.03. The summed E-state index contributed by atoms with van der Waals surface area (Å²) in [5.74, 6) is 2.02. The van der Waals surface area contributed by atoms with Crippen LogP contribution in [0.15, 0.2) is 24.3 Å². The van der Waals surface area contributed by atoms with E-state index in [1.165, 1.54) is 11.1 Å². The summed E-state index contributed by atoms with van der Waals surface area (Å²) in [7, 11) is 0. The number of carbonyl (C=O) groups is 1. The van der Waals surface area contributed by atoms with Gasteiger partial charge in [0.2, 0.25) is 5.91 Å². The van der Waals surface area contributed by atoms with Gasteiger partial charge in [-0.2, -0.15) is 0 Å². The summed E-state index contributed by atoms with van der Waals surface area (Å²) in [6.07, 6.45) is 2.75. The number of aryl methyl sites for hydroxylation is 1. The second-order valence-corrected chi connectivity index (χ2v) is 7.69. The molecule has 5 heteroatoms. The van der Waals surface area contributed by atoms with E-state index in [0.717, 1.165) is 45.7 Å². The van der Waals surface area contributed by atoms with Crippen LogP contribution in [0.1, 0.15) is 36.4 Å². The highest BCUT2D eigenvalue weighted by Crippen LogP contribution is 2.44. The molecule has 0 radical (unpaired) electrons. The van der Waals surface area contributed by atoms with Crippen molar-refractivity contribution in [3.05, 3.63) is 35.4 Å². The van der Waals surface area contributed by atoms with Crippen molar-refractivity contribution < 1.29 is 9.53 Å². The molecule has 0 unspecified atom stereocenters. The summed E-state index contributed by atoms with van der Waals surface area (Å²) in [6, 6.07) is 8.84. The van der Waals surface area contributed by atoms with E-state index in [-0.39, 0.29) is 18.4 Å². The molecule has 3 fully saturated rings. The molecule has 0 bridgehead atoms. The monoisotopic (exact) mass is 364 g/mol. The Morgan fingerprint density at radius 2 is 2.00 bits per heavy atom. The van der Waals surface area contributed by atoms with Gasteiger partial charge in [-0.15, -0.1) is 12.4 Å². The molecule has 0 saturated carbocycles. The molecule has 3 atom stereocenters. The average Bonchev–Trinajstić information content (AvgIpc) is 3.17. The van der Waals surface area contributed by atoms with E-state index in [0.29, 0.717) is 30.1 Å². The minimum absolute atomic E-state index is 0. The van der Waals surface area contributed by atoms with Crippen LogP contribution in [0.5, 0.6) is 0 Å². The van der Waals surface area contributed by atoms with Crippen molar-refractivity contribution in [2.24, 2.45) is 17.8 Å². The Morgan fingerprint density at radius 3 is 2.76 bits per heavy atom. The number of likely N-dealkylation sites (tertiary alicyclic amines) is 1. The van der Waals surface area contributed by atoms with Crippen LogP contribution in [-0.4, -0.2) is 43.7 Å². The molecule has 4 rings (SSSR count). The van der Waals surface area contributed by atoms with Crippen molar-refractivity contribution in [2.75, 3.05) is 32.8 Å². The maximum atomic E-state index is 13.1. The number of rotatable bonds is 3. The number of carbonyl (C=O) groups excluding carboxylic acids is 1. The molecule has 3 aliphatic rings. The lowest BCUT2D eigenvalue weighted by atomic mass is 9.87. The van der Waals surface area contributed by atoms with E-state index in [1.807, 2.05) is 0 Å². The topological polar surface area (TPSA) is 41.6 Å². The summed E-state index contributed by atoms with van der Waals surface area (Å²) in [5, 5.41) is 3.53. The van der Waals surface area contributed by atoms with E-state index < -0.39 is 0 Å². The van der Waals surface area contributed by atoms with Gasteiger partial charge >= 0.3 is 0 Å². The average molecular weight is 365 g/mol. The molecule has 1 aromatic rings. The van der Waals surface area contributed by atoms with Gasteiger partial charge in [-0.05, 0) is 42.7 Å². The zero-order chi connectivity index (χ0) is 16.5. The van der Waals surface area contributed by atoms with Crippen LogP contribution in [0.4, 0.5) is 0 Å². The normalized spacial score (nSPS) is 29.3. The molecule has 1 amide bonds. The number of benzene rings is 1. The van der Waals surface area contributed by atoms with Gasteiger partial charge in [0.05, 0.1) is 6.04 Å². The van der Waals surface area contributed by atoms with Crippen LogP contribution in [-0.2, 0) is 9.53 Å². The smallest absolute Gasteiger partial charge is 0.223 e. The third kappa shape index (κ3) is 3.71. The Labute approximate surface area is 156 Å². The van der Waals surface area contributed by atoms with Crippen LogP contribution in [0.2, 0.25) is 0 Å². The Balaban J connectivity index is 0.00000182. The molecule has 4 nitrogen and oxygen atoms in total. The van der Waals surface area contributed by atoms with Crippen LogP contribution >= 0.6 is 12.4 Å². The van der Waals surface area contributed by atoms with Crippen LogP contribution < -0.4 is 5.32 Å². The molecule has 0 aromatic heterocycles. The van der Waals surface area contributed by atoms with Crippen LogP contribution in [0, 0.1) is 24.7 Å². The first-order valence-corrected chi connectivity index (χ1v) is 9.37. The molecule has 0 aliphatic carbocycles. The highest BCUT2D eigenvalue weighted by Gasteiger charge is 2.47. The maximum absolute atomic E-state index is 13.1. The van der Waals surface area contributed by atoms with E-state index in [1.54, 1.807) is 0 Å². The Morgan fingerprint density at radius 1 is 1.24 bits per heavy atom. The van der Waals surface area contributed by atoms with Gasteiger partial charge < -0.3 is 15.0 Å². The Hall–Kier alpha value is -1.10. The van der Waals surface area contributed by atoms with Gasteiger partial charge in [0, 0.05) is 45.2 Å². The van der Waals surface area contributed by atoms with Crippen molar-refractivity contribution in [2.45, 2.75) is 32.2 Å². The summed E-state index contributed by atoms with van der Waals surface area (Å²) < 4.78 is 5.44. The fraction of sp³-hybridized carbons (Fsp3) is 0.650. The predicted octanol–water partition coefficient (Wildman–Crippen LogP) is 2.95. The SMILES string of the molecule is Cc1ccccc1[C@@H]1[C@H]2CNC[C@H]2CN1C(=O)CC1CCOCC1.Cl. The summed E-state index contributed by atoms with van der Waals surface area (Å²) in [5.41, 5.74) is 2.65. The number of nitrogens with one attached hydrogen (secondary N) is 1. The van der Waals surface area contributed by atoms with Crippen LogP contribution in [0.25, 0.3) is 0 Å². The summed E-state index contributed by atoms with van der Waals surface area (Å²) in [4.78, 5) is 15.3. The lowest BCUT2D eigenvalue weighted by Gasteiger charge is -2.31. The van der Waals surface area contributed by atoms with Gasteiger partial charge in [-0.3, -0.25) is 4.79 Å². The molecule has 3 aliphatic heterocycles. The number of ether oxygens (including phenoxy) is 1. The van der Waals surface area contributed by atoms with Gasteiger partial charge in [0.1, 0.15) is 0 Å². The van der Waals surface area contributed by atoms with Gasteiger partial charge in [0.25, 0.3) is 0 Å². The number of nitrogens with zero attached hydrogens (tertiary/aromatic N) is 1. The third-order valence-electron chi connectivity index (χ3n) is 6.20. The quantitative estimate of drug-likeness (QED) is 0.896. The summed E-state index contributed by atoms with van der Waals surface area (Å²) >= 11 is 0. The minimum Gasteiger partial charge on any atom is -0.381 e. The summed E-state index contributed by atoms with van der Waals surface area (Å²) in [6.45, 7) is 6.80. The minimum atomic E-state index is 0. The fourth-order valence-electron chi connectivity index (χ4n) is 4.81. The molecule has 0 spiro atoms. The van der Waals surface area contributed by atoms with E-state index in [9.17, 15) is 4.79 Å². The van der Waals surface area contributed by atoms with Gasteiger partial charge in [-0.1, -0.05) is 24.3 Å². The first kappa shape index (κ1) is 18.7. The van der Waals surface area contributed by atoms with E-state index in [4.69, 9.17) is 4.74 Å². The van der Waals surface area contributed by atoms with Crippen molar-refractivity contribution in [1.29, 1.82) is 0 Å². The lowest BCUT2D eigenvalue weighted by molar-refractivity contribution is -0.134. The first-order valence-electron chi connectivity index (χ1n) is 9.37. The highest BCUT2D eigenvalue weighted by molar-refractivity contribution is 5.85. The van der Waals surface area contributed by atoms with Crippen molar-refractivity contribution in [1.82, 2.24) is 10.2 Å². The lowest BCUT2D eigenvalue weighted by Crippen LogP contribution is -2.36. The molecule has 1 aromatic carbocycles. The first-order chi connectivity index (χ1) is 11.7. The van der Waals surface area contributed by atoms with Crippen LogP contribution in [0.3, 0.4) is 0 Å². The number of hydrogen-bond acceptors (Lipinski definition) is 3. The standard InChI is InChI=1S/C20H28N2O2.ClH/c1-14-4-2-3-5-17(14)20-18-12-21-11-16(18)13-22(20)19(23)10-15-6-8-24-9-7-15;/h2-5,15-16,18,20-21H,6-13H2,1H3;1H/t16-,18-,20+;/m0./s1. The van der Waals surface area contributed by atoms with E-state index >= 15 is 0 Å². The molecular weight excluding hydrogens is 336 g/mol. The largest absolute Gasteiger partial charge is 0.381 e. The number of halogens is 1. The molecular formula is C20H29ClN2O2. The highest BCUT2D eigenvalue weighted by atomic mass is 35.5. The second-order valence-electron chi connectivity index (χ2n) is 7.69. The molecule has 138 valence electrons. The number of hydrogen-bond donors (Lipinski definition) is 1. The van der Waals surface area contributed by atoms with Gasteiger partial charge in [-0.25, -0.2) is 0 Å². The zero-order valence-electron chi connectivity index (χ0n) is 14.9. The van der Waals surface area contributed by atoms with Crippen molar-refractivity contribution in [3.8, 4) is 0 Å². The molecule has 3 saturated heterocycles.